The molecule has 0 amide bonds. The summed E-state index contributed by atoms with van der Waals surface area (Å²) in [6.07, 6.45) is 1.62. The maximum atomic E-state index is 12.7. The summed E-state index contributed by atoms with van der Waals surface area (Å²) >= 11 is 1.40. The number of ether oxygens (including phenoxy) is 1. The van der Waals surface area contributed by atoms with E-state index in [0.717, 1.165) is 28.4 Å². The average molecular weight is 442 g/mol. The second-order valence-electron chi connectivity index (χ2n) is 7.70. The van der Waals surface area contributed by atoms with Gasteiger partial charge in [0.05, 0.1) is 11.3 Å². The van der Waals surface area contributed by atoms with E-state index in [2.05, 4.69) is 28.6 Å². The molecule has 0 saturated carbocycles. The zero-order chi connectivity index (χ0) is 22.7. The van der Waals surface area contributed by atoms with Crippen LogP contribution in [0.4, 0.5) is 0 Å². The second kappa shape index (κ2) is 9.51. The first-order valence-electron chi connectivity index (χ1n) is 10.1. The Balaban J connectivity index is 1.69. The fourth-order valence-corrected chi connectivity index (χ4v) is 4.79. The molecular weight excluding hydrogens is 414 g/mol. The van der Waals surface area contributed by atoms with Crippen LogP contribution in [0.15, 0.2) is 33.9 Å². The van der Waals surface area contributed by atoms with Crippen molar-refractivity contribution in [2.24, 2.45) is 0 Å². The Morgan fingerprint density at radius 2 is 1.94 bits per heavy atom. The van der Waals surface area contributed by atoms with Crippen LogP contribution in [0.3, 0.4) is 0 Å². The molecule has 0 bridgehead atoms. The van der Waals surface area contributed by atoms with E-state index in [1.807, 2.05) is 33.8 Å². The van der Waals surface area contributed by atoms with Gasteiger partial charge < -0.3 is 13.8 Å². The van der Waals surface area contributed by atoms with Gasteiger partial charge in [0.2, 0.25) is 5.78 Å². The molecule has 0 fully saturated rings. The summed E-state index contributed by atoms with van der Waals surface area (Å²) in [5.41, 5.74) is 4.59. The van der Waals surface area contributed by atoms with Gasteiger partial charge >= 0.3 is 5.97 Å². The van der Waals surface area contributed by atoms with Crippen LogP contribution in [0, 0.1) is 27.7 Å². The van der Waals surface area contributed by atoms with Gasteiger partial charge in [-0.3, -0.25) is 4.79 Å². The topological polar surface area (TPSA) is 87.2 Å². The van der Waals surface area contributed by atoms with E-state index in [1.165, 1.54) is 11.8 Å². The summed E-state index contributed by atoms with van der Waals surface area (Å²) in [6, 6.07) is 5.42. The maximum absolute atomic E-state index is 12.7. The van der Waals surface area contributed by atoms with Crippen molar-refractivity contribution in [3.05, 3.63) is 63.9 Å². The van der Waals surface area contributed by atoms with Crippen LogP contribution in [0.25, 0.3) is 0 Å². The third-order valence-electron chi connectivity index (χ3n) is 5.16. The molecule has 31 heavy (non-hydrogen) atoms. The Labute approximate surface area is 186 Å². The smallest absolute Gasteiger partial charge is 0.341 e. The Hall–Kier alpha value is -2.87. The van der Waals surface area contributed by atoms with Crippen molar-refractivity contribution in [1.29, 1.82) is 0 Å². The van der Waals surface area contributed by atoms with E-state index in [1.54, 1.807) is 18.3 Å². The summed E-state index contributed by atoms with van der Waals surface area (Å²) in [5, 5.41) is 4.49. The number of rotatable bonds is 8. The number of ketones is 1. The second-order valence-corrected chi connectivity index (χ2v) is 8.66. The highest BCUT2D eigenvalue weighted by Gasteiger charge is 2.21. The van der Waals surface area contributed by atoms with E-state index in [0.29, 0.717) is 21.9 Å². The van der Waals surface area contributed by atoms with Crippen LogP contribution in [0.1, 0.15) is 69.0 Å². The van der Waals surface area contributed by atoms with Crippen molar-refractivity contribution in [3.63, 3.8) is 0 Å². The van der Waals surface area contributed by atoms with Crippen molar-refractivity contribution in [2.75, 3.05) is 6.61 Å². The van der Waals surface area contributed by atoms with E-state index in [4.69, 9.17) is 9.26 Å². The van der Waals surface area contributed by atoms with Gasteiger partial charge in [-0.05, 0) is 59.7 Å². The van der Waals surface area contributed by atoms with Crippen LogP contribution in [0.5, 0.6) is 0 Å². The number of pyridine rings is 1. The van der Waals surface area contributed by atoms with E-state index < -0.39 is 5.97 Å². The molecule has 164 valence electrons. The van der Waals surface area contributed by atoms with E-state index >= 15 is 0 Å². The first-order chi connectivity index (χ1) is 14.7. The van der Waals surface area contributed by atoms with Crippen molar-refractivity contribution < 1.29 is 18.8 Å². The Morgan fingerprint density at radius 3 is 2.55 bits per heavy atom. The molecule has 0 radical (unpaired) electrons. The molecule has 0 spiro atoms. The van der Waals surface area contributed by atoms with Crippen molar-refractivity contribution in [1.82, 2.24) is 14.7 Å². The third kappa shape index (κ3) is 4.90. The molecule has 0 aliphatic rings. The number of Topliss-reactive ketones (excluding diaryl/α,β-unsaturated/α-hetero) is 1. The summed E-state index contributed by atoms with van der Waals surface area (Å²) in [6.45, 7) is 11.4. The van der Waals surface area contributed by atoms with Gasteiger partial charge in [-0.2, -0.15) is 0 Å². The molecule has 0 N–H and O–H groups in total. The van der Waals surface area contributed by atoms with Gasteiger partial charge in [0.15, 0.2) is 6.61 Å². The first-order valence-corrected chi connectivity index (χ1v) is 11.1. The lowest BCUT2D eigenvalue weighted by molar-refractivity contribution is 0.0470. The van der Waals surface area contributed by atoms with Gasteiger partial charge in [0.25, 0.3) is 0 Å². The number of aryl methyl sites for hydroxylation is 3. The lowest BCUT2D eigenvalue weighted by Gasteiger charge is -2.13. The summed E-state index contributed by atoms with van der Waals surface area (Å²) in [7, 11) is 0. The molecule has 0 aliphatic carbocycles. The number of nitrogens with zero attached hydrogens (tertiary/aromatic N) is 3. The molecule has 0 aromatic carbocycles. The lowest BCUT2D eigenvalue weighted by atomic mass is 10.1. The summed E-state index contributed by atoms with van der Waals surface area (Å²) in [5.74, 6) is 0.524. The predicted octanol–water partition coefficient (Wildman–Crippen LogP) is 5.02. The Morgan fingerprint density at radius 1 is 1.19 bits per heavy atom. The molecular formula is C23H27N3O4S. The fourth-order valence-electron chi connectivity index (χ4n) is 3.65. The number of carbonyl (C=O) groups excluding carboxylic acids is 2. The van der Waals surface area contributed by atoms with Crippen LogP contribution in [-0.2, 0) is 10.5 Å². The Bertz CT molecular complexity index is 1090. The third-order valence-corrected chi connectivity index (χ3v) is 6.19. The minimum Gasteiger partial charge on any atom is -0.454 e. The number of carbonyl (C=O) groups is 2. The molecule has 3 heterocycles. The predicted molar refractivity (Wildman–Crippen MR) is 119 cm³/mol. The van der Waals surface area contributed by atoms with Crippen LogP contribution in [-0.4, -0.2) is 33.1 Å². The minimum atomic E-state index is -0.569. The number of aromatic nitrogens is 3. The zero-order valence-corrected chi connectivity index (χ0v) is 19.5. The number of hydrogen-bond acceptors (Lipinski definition) is 7. The quantitative estimate of drug-likeness (QED) is 0.276. The standard InChI is InChI=1S/C23H27N3O4S/c1-13(2)26-14(3)10-19(16(26)5)21(27)11-29-23(28)18-8-7-9-24-22(18)31-12-20-15(4)25-30-17(20)6/h7-10,13H,11-12H2,1-6H3. The number of thioether (sulfide) groups is 1. The van der Waals surface area contributed by atoms with Crippen molar-refractivity contribution in [2.45, 2.75) is 58.4 Å². The molecule has 3 aromatic heterocycles. The van der Waals surface area contributed by atoms with Crippen molar-refractivity contribution in [3.8, 4) is 0 Å². The number of hydrogen-bond donors (Lipinski definition) is 0. The number of esters is 1. The summed E-state index contributed by atoms with van der Waals surface area (Å²) in [4.78, 5) is 29.7. The van der Waals surface area contributed by atoms with Gasteiger partial charge in [-0.15, -0.1) is 11.8 Å². The fraction of sp³-hybridized carbons (Fsp3) is 0.391. The normalized spacial score (nSPS) is 11.2. The van der Waals surface area contributed by atoms with Gasteiger partial charge in [0.1, 0.15) is 10.8 Å². The maximum Gasteiger partial charge on any atom is 0.341 e. The zero-order valence-electron chi connectivity index (χ0n) is 18.7. The first kappa shape index (κ1) is 22.8. The van der Waals surface area contributed by atoms with E-state index in [-0.39, 0.29) is 18.4 Å². The highest BCUT2D eigenvalue weighted by molar-refractivity contribution is 7.98. The highest BCUT2D eigenvalue weighted by Crippen LogP contribution is 2.27. The van der Waals surface area contributed by atoms with Crippen LogP contribution in [0.2, 0.25) is 0 Å². The SMILES string of the molecule is Cc1noc(C)c1CSc1ncccc1C(=O)OCC(=O)c1cc(C)n(C(C)C)c1C. The molecule has 7 nitrogen and oxygen atoms in total. The lowest BCUT2D eigenvalue weighted by Crippen LogP contribution is -2.16. The molecule has 0 atom stereocenters. The molecule has 0 aliphatic heterocycles. The van der Waals surface area contributed by atoms with Crippen LogP contribution < -0.4 is 0 Å². The largest absolute Gasteiger partial charge is 0.454 e. The highest BCUT2D eigenvalue weighted by atomic mass is 32.2. The van der Waals surface area contributed by atoms with Gasteiger partial charge in [-0.25, -0.2) is 9.78 Å². The van der Waals surface area contributed by atoms with Gasteiger partial charge in [-0.1, -0.05) is 5.16 Å². The molecule has 3 aromatic rings. The average Bonchev–Trinajstić information content (AvgIpc) is 3.22. The molecule has 8 heteroatoms. The van der Waals surface area contributed by atoms with E-state index in [9.17, 15) is 9.59 Å². The monoisotopic (exact) mass is 441 g/mol. The molecule has 3 rings (SSSR count). The molecule has 0 unspecified atom stereocenters. The minimum absolute atomic E-state index is 0.220. The van der Waals surface area contributed by atoms with Gasteiger partial charge in [0, 0.05) is 40.5 Å². The summed E-state index contributed by atoms with van der Waals surface area (Å²) < 4.78 is 12.6. The Kier molecular flexibility index (Phi) is 7.00. The van der Waals surface area contributed by atoms with Crippen LogP contribution >= 0.6 is 11.8 Å². The van der Waals surface area contributed by atoms with Crippen molar-refractivity contribution >= 4 is 23.5 Å². The molecule has 0 saturated heterocycles.